The van der Waals surface area contributed by atoms with E-state index < -0.39 is 0 Å². The maximum atomic E-state index is 11.0. The molecule has 1 atom stereocenters. The fourth-order valence-electron chi connectivity index (χ4n) is 1.43. The molecule has 4 heteroatoms. The number of halogens is 1. The lowest BCUT2D eigenvalue weighted by molar-refractivity contribution is 0.167. The zero-order valence-corrected chi connectivity index (χ0v) is 11.1. The van der Waals surface area contributed by atoms with E-state index in [1.54, 1.807) is 0 Å². The Labute approximate surface area is 104 Å². The second-order valence-corrected chi connectivity index (χ2v) is 4.25. The molecule has 3 nitrogen and oxygen atoms in total. The molecule has 0 heterocycles. The smallest absolute Gasteiger partial charge is 0.407 e. The first kappa shape index (κ1) is 13.0. The minimum Gasteiger partial charge on any atom is -0.453 e. The van der Waals surface area contributed by atoms with Crippen molar-refractivity contribution in [2.24, 2.45) is 0 Å². The van der Waals surface area contributed by atoms with Crippen molar-refractivity contribution in [3.05, 3.63) is 35.4 Å². The Morgan fingerprint density at radius 1 is 1.38 bits per heavy atom. The van der Waals surface area contributed by atoms with Crippen LogP contribution in [0.15, 0.2) is 24.3 Å². The molecular weight excluding hydrogens is 270 g/mol. The lowest BCUT2D eigenvalue weighted by atomic mass is 10.1. The molecule has 0 aliphatic carbocycles. The largest absolute Gasteiger partial charge is 0.453 e. The summed E-state index contributed by atoms with van der Waals surface area (Å²) >= 11 is 3.40. The number of carbonyl (C=O) groups excluding carboxylic acids is 1. The van der Waals surface area contributed by atoms with E-state index in [0.29, 0.717) is 0 Å². The molecule has 0 bridgehead atoms. The maximum Gasteiger partial charge on any atom is 0.407 e. The lowest BCUT2D eigenvalue weighted by Crippen LogP contribution is -2.33. The Bertz CT molecular complexity index is 337. The third kappa shape index (κ3) is 4.23. The summed E-state index contributed by atoms with van der Waals surface area (Å²) in [5, 5.41) is 3.60. The van der Waals surface area contributed by atoms with E-state index in [4.69, 9.17) is 0 Å². The van der Waals surface area contributed by atoms with Crippen molar-refractivity contribution < 1.29 is 9.53 Å². The standard InChI is InChI=1S/C12H16BrNO2/c1-9(14-12(15)16-2)7-10-3-5-11(8-13)6-4-10/h3-6,9H,7-8H2,1-2H3,(H,14,15). The number of carbonyl (C=O) groups is 1. The van der Waals surface area contributed by atoms with Gasteiger partial charge in [0.25, 0.3) is 0 Å². The van der Waals surface area contributed by atoms with E-state index in [0.717, 1.165) is 11.8 Å². The highest BCUT2D eigenvalue weighted by Crippen LogP contribution is 2.09. The van der Waals surface area contributed by atoms with Crippen LogP contribution < -0.4 is 5.32 Å². The molecule has 0 radical (unpaired) electrons. The molecule has 0 aliphatic heterocycles. The predicted octanol–water partition coefficient (Wildman–Crippen LogP) is 2.87. The van der Waals surface area contributed by atoms with Gasteiger partial charge in [-0.05, 0) is 24.5 Å². The van der Waals surface area contributed by atoms with Crippen LogP contribution in [0.4, 0.5) is 4.79 Å². The molecule has 1 aromatic carbocycles. The minimum absolute atomic E-state index is 0.0715. The molecule has 1 amide bonds. The number of ether oxygens (including phenoxy) is 1. The topological polar surface area (TPSA) is 38.3 Å². The molecule has 0 aliphatic rings. The normalized spacial score (nSPS) is 11.9. The van der Waals surface area contributed by atoms with Gasteiger partial charge in [-0.3, -0.25) is 0 Å². The van der Waals surface area contributed by atoms with E-state index in [1.165, 1.54) is 18.2 Å². The van der Waals surface area contributed by atoms with Gasteiger partial charge < -0.3 is 10.1 Å². The van der Waals surface area contributed by atoms with E-state index >= 15 is 0 Å². The number of alkyl carbamates (subject to hydrolysis) is 1. The Kier molecular flexibility index (Phi) is 5.32. The predicted molar refractivity (Wildman–Crippen MR) is 67.8 cm³/mol. The molecule has 16 heavy (non-hydrogen) atoms. The Morgan fingerprint density at radius 2 is 1.94 bits per heavy atom. The van der Waals surface area contributed by atoms with Crippen LogP contribution in [0.25, 0.3) is 0 Å². The zero-order chi connectivity index (χ0) is 12.0. The number of amides is 1. The van der Waals surface area contributed by atoms with Gasteiger partial charge in [-0.1, -0.05) is 40.2 Å². The first-order valence-electron chi connectivity index (χ1n) is 5.14. The molecule has 1 rings (SSSR count). The highest BCUT2D eigenvalue weighted by atomic mass is 79.9. The molecule has 0 saturated carbocycles. The molecule has 1 unspecified atom stereocenters. The third-order valence-corrected chi connectivity index (χ3v) is 2.92. The van der Waals surface area contributed by atoms with Gasteiger partial charge in [0.15, 0.2) is 0 Å². The summed E-state index contributed by atoms with van der Waals surface area (Å²) in [5.74, 6) is 0. The van der Waals surface area contributed by atoms with Gasteiger partial charge in [0.1, 0.15) is 0 Å². The van der Waals surface area contributed by atoms with Crippen LogP contribution in [-0.4, -0.2) is 19.2 Å². The summed E-state index contributed by atoms with van der Waals surface area (Å²) in [5.41, 5.74) is 2.45. The van der Waals surface area contributed by atoms with E-state index in [9.17, 15) is 4.79 Å². The summed E-state index contributed by atoms with van der Waals surface area (Å²) in [6.45, 7) is 1.95. The average Bonchev–Trinajstić information content (AvgIpc) is 2.29. The second-order valence-electron chi connectivity index (χ2n) is 3.69. The van der Waals surface area contributed by atoms with Crippen LogP contribution in [0, 0.1) is 0 Å². The molecule has 0 saturated heterocycles. The van der Waals surface area contributed by atoms with Gasteiger partial charge in [-0.25, -0.2) is 4.79 Å². The Balaban J connectivity index is 2.49. The molecule has 88 valence electrons. The van der Waals surface area contributed by atoms with E-state index in [2.05, 4.69) is 50.2 Å². The number of rotatable bonds is 4. The number of benzene rings is 1. The van der Waals surface area contributed by atoms with Crippen molar-refractivity contribution in [2.45, 2.75) is 24.7 Å². The van der Waals surface area contributed by atoms with Gasteiger partial charge in [-0.15, -0.1) is 0 Å². The van der Waals surface area contributed by atoms with Gasteiger partial charge >= 0.3 is 6.09 Å². The molecule has 1 N–H and O–H groups in total. The minimum atomic E-state index is -0.385. The highest BCUT2D eigenvalue weighted by molar-refractivity contribution is 9.08. The molecule has 0 aromatic heterocycles. The van der Waals surface area contributed by atoms with Crippen LogP contribution in [0.2, 0.25) is 0 Å². The average molecular weight is 286 g/mol. The molecule has 0 fully saturated rings. The first-order chi connectivity index (χ1) is 7.65. The zero-order valence-electron chi connectivity index (χ0n) is 9.50. The number of methoxy groups -OCH3 is 1. The van der Waals surface area contributed by atoms with Gasteiger partial charge in [0.05, 0.1) is 7.11 Å². The number of nitrogens with one attached hydrogen (secondary N) is 1. The van der Waals surface area contributed by atoms with E-state index in [1.807, 2.05) is 6.92 Å². The summed E-state index contributed by atoms with van der Waals surface area (Å²) in [4.78, 5) is 11.0. The van der Waals surface area contributed by atoms with Crippen molar-refractivity contribution in [1.29, 1.82) is 0 Å². The lowest BCUT2D eigenvalue weighted by Gasteiger charge is -2.12. The van der Waals surface area contributed by atoms with Crippen LogP contribution in [-0.2, 0) is 16.5 Å². The summed E-state index contributed by atoms with van der Waals surface area (Å²) in [6.07, 6.45) is 0.419. The molecular formula is C12H16BrNO2. The van der Waals surface area contributed by atoms with Gasteiger partial charge in [0.2, 0.25) is 0 Å². The van der Waals surface area contributed by atoms with Crippen LogP contribution in [0.3, 0.4) is 0 Å². The van der Waals surface area contributed by atoms with Crippen molar-refractivity contribution >= 4 is 22.0 Å². The van der Waals surface area contributed by atoms with Crippen LogP contribution in [0.5, 0.6) is 0 Å². The molecule has 1 aromatic rings. The second kappa shape index (κ2) is 6.53. The van der Waals surface area contributed by atoms with Crippen molar-refractivity contribution in [3.63, 3.8) is 0 Å². The van der Waals surface area contributed by atoms with Crippen molar-refractivity contribution in [1.82, 2.24) is 5.32 Å². The quantitative estimate of drug-likeness (QED) is 0.864. The van der Waals surface area contributed by atoms with Crippen molar-refractivity contribution in [3.8, 4) is 0 Å². The Morgan fingerprint density at radius 3 is 2.44 bits per heavy atom. The fraction of sp³-hybridized carbons (Fsp3) is 0.417. The first-order valence-corrected chi connectivity index (χ1v) is 6.26. The number of hydrogen-bond acceptors (Lipinski definition) is 2. The van der Waals surface area contributed by atoms with Crippen LogP contribution >= 0.6 is 15.9 Å². The monoisotopic (exact) mass is 285 g/mol. The summed E-state index contributed by atoms with van der Waals surface area (Å²) in [7, 11) is 1.37. The number of hydrogen-bond donors (Lipinski definition) is 1. The van der Waals surface area contributed by atoms with Crippen molar-refractivity contribution in [2.75, 3.05) is 7.11 Å². The third-order valence-electron chi connectivity index (χ3n) is 2.27. The summed E-state index contributed by atoms with van der Waals surface area (Å²) in [6, 6.07) is 8.38. The highest BCUT2D eigenvalue weighted by Gasteiger charge is 2.07. The van der Waals surface area contributed by atoms with E-state index in [-0.39, 0.29) is 12.1 Å². The maximum absolute atomic E-state index is 11.0. The fourth-order valence-corrected chi connectivity index (χ4v) is 1.80. The van der Waals surface area contributed by atoms with Gasteiger partial charge in [-0.2, -0.15) is 0 Å². The Hall–Kier alpha value is -1.03. The molecule has 0 spiro atoms. The SMILES string of the molecule is COC(=O)NC(C)Cc1ccc(CBr)cc1. The summed E-state index contributed by atoms with van der Waals surface area (Å²) < 4.78 is 4.54. The van der Waals surface area contributed by atoms with Crippen LogP contribution in [0.1, 0.15) is 18.1 Å². The van der Waals surface area contributed by atoms with Gasteiger partial charge in [0, 0.05) is 11.4 Å². The number of alkyl halides is 1.